The van der Waals surface area contributed by atoms with Gasteiger partial charge in [0.15, 0.2) is 17.5 Å². The van der Waals surface area contributed by atoms with Gasteiger partial charge in [0, 0.05) is 25.2 Å². The summed E-state index contributed by atoms with van der Waals surface area (Å²) in [5.74, 6) is 7.42. The summed E-state index contributed by atoms with van der Waals surface area (Å²) in [5.41, 5.74) is 9.60. The number of nitrogens with zero attached hydrogens (tertiary/aromatic N) is 5. The first-order chi connectivity index (χ1) is 15.6. The first kappa shape index (κ1) is 21.2. The zero-order valence-electron chi connectivity index (χ0n) is 17.7. The van der Waals surface area contributed by atoms with E-state index in [4.69, 9.17) is 16.3 Å². The second-order valence-electron chi connectivity index (χ2n) is 7.13. The molecule has 0 aliphatic rings. The summed E-state index contributed by atoms with van der Waals surface area (Å²) in [7, 11) is 1.66. The zero-order chi connectivity index (χ0) is 22.3. The van der Waals surface area contributed by atoms with E-state index < -0.39 is 0 Å². The lowest BCUT2D eigenvalue weighted by molar-refractivity contribution is 0.211. The number of anilines is 5. The van der Waals surface area contributed by atoms with Gasteiger partial charge in [-0.05, 0) is 29.8 Å². The predicted octanol–water partition coefficient (Wildman–Crippen LogP) is 2.68. The van der Waals surface area contributed by atoms with Crippen LogP contribution in [0.5, 0.6) is 0 Å². The second kappa shape index (κ2) is 9.86. The van der Waals surface area contributed by atoms with Crippen LogP contribution in [0.2, 0.25) is 0 Å². The first-order valence-electron chi connectivity index (χ1n) is 10.1. The fraction of sp³-hybridized carbons (Fsp3) is 0.182. The lowest BCUT2D eigenvalue weighted by Crippen LogP contribution is -2.32. The van der Waals surface area contributed by atoms with Crippen LogP contribution in [-0.2, 0) is 11.3 Å². The third-order valence-electron chi connectivity index (χ3n) is 4.72. The van der Waals surface area contributed by atoms with Crippen LogP contribution in [0.15, 0.2) is 61.2 Å². The highest BCUT2D eigenvalue weighted by Gasteiger charge is 2.12. The molecule has 0 bridgehead atoms. The number of rotatable bonds is 9. The minimum Gasteiger partial charge on any atom is -0.383 e. The molecule has 1 aromatic carbocycles. The Hall–Kier alpha value is -4.02. The van der Waals surface area contributed by atoms with E-state index in [9.17, 15) is 0 Å². The van der Waals surface area contributed by atoms with Crippen LogP contribution in [0, 0.1) is 0 Å². The van der Waals surface area contributed by atoms with Crippen LogP contribution < -0.4 is 27.2 Å². The van der Waals surface area contributed by atoms with Crippen molar-refractivity contribution in [2.24, 2.45) is 5.84 Å². The fourth-order valence-corrected chi connectivity index (χ4v) is 3.21. The lowest BCUT2D eigenvalue weighted by atomic mass is 10.1. The molecule has 0 aliphatic heterocycles. The van der Waals surface area contributed by atoms with E-state index in [-0.39, 0.29) is 5.82 Å². The molecule has 0 atom stereocenters. The Balaban J connectivity index is 1.48. The highest BCUT2D eigenvalue weighted by atomic mass is 16.5. The van der Waals surface area contributed by atoms with Crippen molar-refractivity contribution in [3.63, 3.8) is 0 Å². The lowest BCUT2D eigenvalue weighted by Gasteiger charge is -2.20. The number of hydrogen-bond acceptors (Lipinski definition) is 10. The van der Waals surface area contributed by atoms with Gasteiger partial charge in [-0.2, -0.15) is 0 Å². The molecule has 0 saturated carbocycles. The Morgan fingerprint density at radius 3 is 2.81 bits per heavy atom. The standard InChI is InChI=1S/C22H25N9O/c1-32-8-7-26-17-10-18(12-25-11-17)29-20-13-28-21(23)22(30-20)31(24)14-15-4-5-19-16(9-15)3-2-6-27-19/h2-6,9-13,26H,7-8,14,24H2,1H3,(H2,23,28)(H,29,30). The maximum Gasteiger partial charge on any atom is 0.188 e. The molecule has 4 rings (SSSR count). The van der Waals surface area contributed by atoms with Crippen molar-refractivity contribution < 1.29 is 4.74 Å². The van der Waals surface area contributed by atoms with Gasteiger partial charge in [0.05, 0.1) is 48.6 Å². The molecule has 0 fully saturated rings. The van der Waals surface area contributed by atoms with Crippen molar-refractivity contribution in [1.29, 1.82) is 0 Å². The topological polar surface area (TPSA) is 140 Å². The predicted molar refractivity (Wildman–Crippen MR) is 126 cm³/mol. The minimum atomic E-state index is 0.244. The normalized spacial score (nSPS) is 10.8. The molecule has 0 radical (unpaired) electrons. The number of hydrazine groups is 1. The molecule has 10 heteroatoms. The summed E-state index contributed by atoms with van der Waals surface area (Å²) < 4.78 is 5.05. The van der Waals surface area contributed by atoms with Crippen LogP contribution in [0.3, 0.4) is 0 Å². The van der Waals surface area contributed by atoms with Crippen LogP contribution in [0.4, 0.5) is 28.8 Å². The summed E-state index contributed by atoms with van der Waals surface area (Å²) in [6.07, 6.45) is 6.76. The van der Waals surface area contributed by atoms with Crippen molar-refractivity contribution in [1.82, 2.24) is 19.9 Å². The SMILES string of the molecule is COCCNc1cncc(Nc2cnc(N)c(N(N)Cc3ccc4ncccc4c3)n2)c1. The molecule has 0 unspecified atom stereocenters. The van der Waals surface area contributed by atoms with E-state index >= 15 is 0 Å². The fourth-order valence-electron chi connectivity index (χ4n) is 3.21. The summed E-state index contributed by atoms with van der Waals surface area (Å²) in [6, 6.07) is 11.8. The zero-order valence-corrected chi connectivity index (χ0v) is 17.7. The highest BCUT2D eigenvalue weighted by Crippen LogP contribution is 2.23. The second-order valence-corrected chi connectivity index (χ2v) is 7.13. The average Bonchev–Trinajstić information content (AvgIpc) is 2.81. The molecule has 0 amide bonds. The van der Waals surface area contributed by atoms with Crippen LogP contribution in [-0.4, -0.2) is 40.2 Å². The third-order valence-corrected chi connectivity index (χ3v) is 4.72. The molecule has 6 N–H and O–H groups in total. The maximum absolute atomic E-state index is 6.30. The monoisotopic (exact) mass is 431 g/mol. The molecule has 0 spiro atoms. The number of nitrogen functional groups attached to an aromatic ring is 1. The number of methoxy groups -OCH3 is 1. The van der Waals surface area contributed by atoms with Crippen molar-refractivity contribution in [3.05, 3.63) is 66.7 Å². The maximum atomic E-state index is 6.30. The van der Waals surface area contributed by atoms with E-state index in [0.29, 0.717) is 31.3 Å². The minimum absolute atomic E-state index is 0.244. The molecule has 164 valence electrons. The van der Waals surface area contributed by atoms with Gasteiger partial charge >= 0.3 is 0 Å². The van der Waals surface area contributed by atoms with Gasteiger partial charge in [-0.3, -0.25) is 15.0 Å². The molecule has 3 heterocycles. The van der Waals surface area contributed by atoms with Gasteiger partial charge in [-0.25, -0.2) is 15.8 Å². The number of benzene rings is 1. The van der Waals surface area contributed by atoms with Gasteiger partial charge in [0.25, 0.3) is 0 Å². The van der Waals surface area contributed by atoms with E-state index in [1.165, 1.54) is 5.01 Å². The van der Waals surface area contributed by atoms with Crippen LogP contribution in [0.25, 0.3) is 10.9 Å². The number of hydrogen-bond donors (Lipinski definition) is 4. The van der Waals surface area contributed by atoms with Gasteiger partial charge in [0.2, 0.25) is 0 Å². The molecule has 0 aliphatic carbocycles. The Labute approximate surface area is 185 Å². The van der Waals surface area contributed by atoms with E-state index in [1.54, 1.807) is 31.9 Å². The number of nitrogens with one attached hydrogen (secondary N) is 2. The highest BCUT2D eigenvalue weighted by molar-refractivity contribution is 5.79. The number of pyridine rings is 2. The molecular weight excluding hydrogens is 406 g/mol. The van der Waals surface area contributed by atoms with E-state index in [2.05, 4.69) is 30.6 Å². The van der Waals surface area contributed by atoms with E-state index in [1.807, 2.05) is 36.4 Å². The Morgan fingerprint density at radius 1 is 1.06 bits per heavy atom. The summed E-state index contributed by atoms with van der Waals surface area (Å²) in [4.78, 5) is 17.4. The van der Waals surface area contributed by atoms with Gasteiger partial charge in [0.1, 0.15) is 0 Å². The van der Waals surface area contributed by atoms with Gasteiger partial charge < -0.3 is 21.1 Å². The van der Waals surface area contributed by atoms with Gasteiger partial charge in [-0.1, -0.05) is 12.1 Å². The summed E-state index contributed by atoms with van der Waals surface area (Å²) >= 11 is 0. The number of nitrogens with two attached hydrogens (primary N) is 2. The Bertz CT molecular complexity index is 1200. The van der Waals surface area contributed by atoms with Crippen molar-refractivity contribution in [2.75, 3.05) is 41.6 Å². The van der Waals surface area contributed by atoms with Crippen molar-refractivity contribution in [2.45, 2.75) is 6.54 Å². The first-order valence-corrected chi connectivity index (χ1v) is 10.1. The third kappa shape index (κ3) is 5.17. The molecule has 10 nitrogen and oxygen atoms in total. The summed E-state index contributed by atoms with van der Waals surface area (Å²) in [5, 5.41) is 8.95. The smallest absolute Gasteiger partial charge is 0.188 e. The van der Waals surface area contributed by atoms with E-state index in [0.717, 1.165) is 27.8 Å². The number of fused-ring (bicyclic) bond motifs is 1. The molecule has 32 heavy (non-hydrogen) atoms. The molecule has 4 aromatic rings. The Morgan fingerprint density at radius 2 is 1.94 bits per heavy atom. The number of ether oxygens (including phenoxy) is 1. The van der Waals surface area contributed by atoms with Crippen molar-refractivity contribution in [3.8, 4) is 0 Å². The van der Waals surface area contributed by atoms with Gasteiger partial charge in [-0.15, -0.1) is 0 Å². The average molecular weight is 432 g/mol. The largest absolute Gasteiger partial charge is 0.383 e. The Kier molecular flexibility index (Phi) is 6.54. The van der Waals surface area contributed by atoms with Crippen molar-refractivity contribution >= 4 is 39.7 Å². The number of aromatic nitrogens is 4. The molecular formula is C22H25N9O. The summed E-state index contributed by atoms with van der Waals surface area (Å²) in [6.45, 7) is 1.69. The molecule has 3 aromatic heterocycles. The quantitative estimate of drug-likeness (QED) is 0.178. The molecule has 0 saturated heterocycles. The van der Waals surface area contributed by atoms with Crippen LogP contribution >= 0.6 is 0 Å². The van der Waals surface area contributed by atoms with Crippen LogP contribution in [0.1, 0.15) is 5.56 Å².